The number of halogens is 1. The van der Waals surface area contributed by atoms with Crippen molar-refractivity contribution < 1.29 is 8.42 Å². The Morgan fingerprint density at radius 1 is 1.11 bits per heavy atom. The normalized spacial score (nSPS) is 16.4. The maximum atomic E-state index is 11.5. The lowest BCUT2D eigenvalue weighted by atomic mass is 10.1. The van der Waals surface area contributed by atoms with E-state index in [-0.39, 0.29) is 35.8 Å². The summed E-state index contributed by atoms with van der Waals surface area (Å²) in [4.78, 5) is 7.26. The number of sulfonamides is 1. The fourth-order valence-electron chi connectivity index (χ4n) is 3.17. The quantitative estimate of drug-likeness (QED) is 0.189. The SMILES string of the molecule is CCNC(=NCC(c1ccccc1)N1CCCC1)NCCNS(=O)(=O)CC.I. The zero-order chi connectivity index (χ0) is 19.5. The number of hydrogen-bond acceptors (Lipinski definition) is 4. The van der Waals surface area contributed by atoms with Crippen LogP contribution >= 0.6 is 24.0 Å². The fraction of sp³-hybridized carbons (Fsp3) is 0.632. The second-order valence-electron chi connectivity index (χ2n) is 6.61. The Balaban J connectivity index is 0.00000392. The van der Waals surface area contributed by atoms with Gasteiger partial charge in [0.25, 0.3) is 0 Å². The summed E-state index contributed by atoms with van der Waals surface area (Å²) in [6, 6.07) is 10.8. The second kappa shape index (κ2) is 13.3. The lowest BCUT2D eigenvalue weighted by Crippen LogP contribution is -2.42. The van der Waals surface area contributed by atoms with Crippen molar-refractivity contribution in [2.45, 2.75) is 32.7 Å². The van der Waals surface area contributed by atoms with E-state index in [9.17, 15) is 8.42 Å². The van der Waals surface area contributed by atoms with E-state index < -0.39 is 10.0 Å². The molecule has 1 aliphatic heterocycles. The number of aliphatic imine (C=N–C) groups is 1. The van der Waals surface area contributed by atoms with Gasteiger partial charge in [-0.2, -0.15) is 0 Å². The van der Waals surface area contributed by atoms with Gasteiger partial charge < -0.3 is 10.6 Å². The molecule has 1 aliphatic rings. The van der Waals surface area contributed by atoms with Crippen LogP contribution in [0, 0.1) is 0 Å². The van der Waals surface area contributed by atoms with E-state index in [1.807, 2.05) is 13.0 Å². The van der Waals surface area contributed by atoms with E-state index in [0.29, 0.717) is 25.6 Å². The highest BCUT2D eigenvalue weighted by molar-refractivity contribution is 14.0. The van der Waals surface area contributed by atoms with Crippen molar-refractivity contribution in [2.24, 2.45) is 4.99 Å². The lowest BCUT2D eigenvalue weighted by Gasteiger charge is -2.27. The Hall–Kier alpha value is -0.910. The molecule has 7 nitrogen and oxygen atoms in total. The molecule has 0 bridgehead atoms. The molecule has 1 aromatic carbocycles. The van der Waals surface area contributed by atoms with Gasteiger partial charge in [-0.05, 0) is 45.3 Å². The van der Waals surface area contributed by atoms with Crippen LogP contribution in [0.5, 0.6) is 0 Å². The maximum absolute atomic E-state index is 11.5. The Morgan fingerprint density at radius 2 is 1.79 bits per heavy atom. The zero-order valence-electron chi connectivity index (χ0n) is 16.9. The van der Waals surface area contributed by atoms with E-state index >= 15 is 0 Å². The third kappa shape index (κ3) is 8.62. The van der Waals surface area contributed by atoms with Crippen molar-refractivity contribution in [2.75, 3.05) is 45.0 Å². The minimum atomic E-state index is -3.16. The third-order valence-electron chi connectivity index (χ3n) is 4.65. The summed E-state index contributed by atoms with van der Waals surface area (Å²) in [6.07, 6.45) is 2.48. The van der Waals surface area contributed by atoms with Gasteiger partial charge in [0.1, 0.15) is 0 Å². The first-order valence-electron chi connectivity index (χ1n) is 9.84. The summed E-state index contributed by atoms with van der Waals surface area (Å²) in [5.41, 5.74) is 1.29. The van der Waals surface area contributed by atoms with Gasteiger partial charge in [0.15, 0.2) is 5.96 Å². The fourth-order valence-corrected chi connectivity index (χ4v) is 3.79. The van der Waals surface area contributed by atoms with Crippen molar-refractivity contribution in [3.63, 3.8) is 0 Å². The predicted octanol–water partition coefficient (Wildman–Crippen LogP) is 1.94. The molecule has 9 heteroatoms. The van der Waals surface area contributed by atoms with Gasteiger partial charge in [0.2, 0.25) is 10.0 Å². The highest BCUT2D eigenvalue weighted by atomic mass is 127. The van der Waals surface area contributed by atoms with Gasteiger partial charge >= 0.3 is 0 Å². The molecule has 1 fully saturated rings. The monoisotopic (exact) mass is 523 g/mol. The highest BCUT2D eigenvalue weighted by Gasteiger charge is 2.23. The largest absolute Gasteiger partial charge is 0.357 e. The topological polar surface area (TPSA) is 85.8 Å². The molecule has 0 aromatic heterocycles. The molecule has 1 heterocycles. The summed E-state index contributed by atoms with van der Waals surface area (Å²) in [5.74, 6) is 0.809. The van der Waals surface area contributed by atoms with Gasteiger partial charge in [-0.1, -0.05) is 30.3 Å². The standard InChI is InChI=1S/C19H33N5O2S.HI/c1-3-20-19(21-12-13-23-27(25,26)4-2)22-16-18(24-14-8-9-15-24)17-10-6-5-7-11-17;/h5-7,10-11,18,23H,3-4,8-9,12-16H2,1-2H3,(H2,20,21,22);1H. The number of hydrogen-bond donors (Lipinski definition) is 3. The average molecular weight is 523 g/mol. The molecule has 0 radical (unpaired) electrons. The van der Waals surface area contributed by atoms with Crippen molar-refractivity contribution in [3.05, 3.63) is 35.9 Å². The maximum Gasteiger partial charge on any atom is 0.211 e. The van der Waals surface area contributed by atoms with Gasteiger partial charge in [-0.15, -0.1) is 24.0 Å². The number of nitrogens with one attached hydrogen (secondary N) is 3. The smallest absolute Gasteiger partial charge is 0.211 e. The number of rotatable bonds is 10. The average Bonchev–Trinajstić information content (AvgIpc) is 3.20. The minimum absolute atomic E-state index is 0. The van der Waals surface area contributed by atoms with Gasteiger partial charge in [0, 0.05) is 19.6 Å². The molecule has 0 amide bonds. The molecule has 1 atom stereocenters. The molecule has 1 aromatic rings. The minimum Gasteiger partial charge on any atom is -0.357 e. The van der Waals surface area contributed by atoms with Crippen molar-refractivity contribution in [1.29, 1.82) is 0 Å². The van der Waals surface area contributed by atoms with Crippen molar-refractivity contribution in [1.82, 2.24) is 20.3 Å². The Kier molecular flexibility index (Phi) is 12.0. The molecule has 0 aliphatic carbocycles. The molecule has 1 unspecified atom stereocenters. The molecular weight excluding hydrogens is 489 g/mol. The van der Waals surface area contributed by atoms with E-state index in [0.717, 1.165) is 19.6 Å². The molecular formula is C19H34IN5O2S. The number of guanidine groups is 1. The Bertz CT molecular complexity index is 679. The van der Waals surface area contributed by atoms with Crippen LogP contribution in [0.2, 0.25) is 0 Å². The molecule has 28 heavy (non-hydrogen) atoms. The van der Waals surface area contributed by atoms with Crippen LogP contribution in [0.1, 0.15) is 38.3 Å². The van der Waals surface area contributed by atoms with Crippen LogP contribution in [-0.4, -0.2) is 64.3 Å². The third-order valence-corrected chi connectivity index (χ3v) is 6.06. The van der Waals surface area contributed by atoms with E-state index in [4.69, 9.17) is 4.99 Å². The first-order valence-corrected chi connectivity index (χ1v) is 11.5. The highest BCUT2D eigenvalue weighted by Crippen LogP contribution is 2.25. The number of nitrogens with zero attached hydrogens (tertiary/aromatic N) is 2. The second-order valence-corrected chi connectivity index (χ2v) is 8.71. The van der Waals surface area contributed by atoms with Crippen LogP contribution in [0.15, 0.2) is 35.3 Å². The van der Waals surface area contributed by atoms with E-state index in [1.54, 1.807) is 6.92 Å². The molecule has 2 rings (SSSR count). The first-order chi connectivity index (χ1) is 13.1. The predicted molar refractivity (Wildman–Crippen MR) is 127 cm³/mol. The molecule has 3 N–H and O–H groups in total. The summed E-state index contributed by atoms with van der Waals surface area (Å²) < 4.78 is 25.6. The Morgan fingerprint density at radius 3 is 2.39 bits per heavy atom. The number of benzene rings is 1. The molecule has 0 saturated carbocycles. The van der Waals surface area contributed by atoms with Crippen LogP contribution in [0.25, 0.3) is 0 Å². The summed E-state index contributed by atoms with van der Waals surface area (Å²) in [5, 5.41) is 6.44. The van der Waals surface area contributed by atoms with Crippen LogP contribution in [-0.2, 0) is 10.0 Å². The molecule has 160 valence electrons. The van der Waals surface area contributed by atoms with Crippen LogP contribution < -0.4 is 15.4 Å². The van der Waals surface area contributed by atoms with E-state index in [2.05, 4.69) is 44.5 Å². The van der Waals surface area contributed by atoms with Gasteiger partial charge in [-0.25, -0.2) is 13.1 Å². The van der Waals surface area contributed by atoms with E-state index in [1.165, 1.54) is 18.4 Å². The lowest BCUT2D eigenvalue weighted by molar-refractivity contribution is 0.251. The Labute approximate surface area is 186 Å². The van der Waals surface area contributed by atoms with Crippen LogP contribution in [0.3, 0.4) is 0 Å². The summed E-state index contributed by atoms with van der Waals surface area (Å²) in [6.45, 7) is 8.12. The molecule has 0 spiro atoms. The van der Waals surface area contributed by atoms with Crippen molar-refractivity contribution >= 4 is 40.0 Å². The summed E-state index contributed by atoms with van der Waals surface area (Å²) >= 11 is 0. The molecule has 1 saturated heterocycles. The van der Waals surface area contributed by atoms with Crippen LogP contribution in [0.4, 0.5) is 0 Å². The van der Waals surface area contributed by atoms with Gasteiger partial charge in [-0.3, -0.25) is 9.89 Å². The number of likely N-dealkylation sites (tertiary alicyclic amines) is 1. The van der Waals surface area contributed by atoms with Crippen molar-refractivity contribution in [3.8, 4) is 0 Å². The van der Waals surface area contributed by atoms with Gasteiger partial charge in [0.05, 0.1) is 18.3 Å². The first kappa shape index (κ1) is 25.1. The summed E-state index contributed by atoms with van der Waals surface area (Å²) in [7, 11) is -3.16. The zero-order valence-corrected chi connectivity index (χ0v) is 20.0.